The van der Waals surface area contributed by atoms with E-state index >= 15 is 0 Å². The average molecular weight is 499 g/mol. The van der Waals surface area contributed by atoms with Crippen LogP contribution in [0.5, 0.6) is 11.5 Å². The second kappa shape index (κ2) is 9.75. The number of amides is 1. The number of aromatic nitrogens is 1. The van der Waals surface area contributed by atoms with Crippen molar-refractivity contribution in [3.63, 3.8) is 0 Å². The number of ether oxygens (including phenoxy) is 2. The van der Waals surface area contributed by atoms with Crippen LogP contribution < -0.4 is 9.47 Å². The maximum Gasteiger partial charge on any atom is 0.295 e. The predicted molar refractivity (Wildman–Crippen MR) is 128 cm³/mol. The third-order valence-electron chi connectivity index (χ3n) is 5.53. The number of pyridine rings is 1. The predicted octanol–water partition coefficient (Wildman–Crippen LogP) is 5.03. The molecular formula is C25H20Cl2N2O5. The Balaban J connectivity index is 1.93. The van der Waals surface area contributed by atoms with E-state index in [2.05, 4.69) is 4.98 Å². The number of aliphatic hydroxyl groups excluding tert-OH is 1. The van der Waals surface area contributed by atoms with Crippen LogP contribution in [-0.4, -0.2) is 40.9 Å². The van der Waals surface area contributed by atoms with Crippen molar-refractivity contribution in [3.8, 4) is 11.5 Å². The van der Waals surface area contributed by atoms with E-state index in [1.54, 1.807) is 48.8 Å². The maximum absolute atomic E-state index is 13.2. The number of methoxy groups -OCH3 is 2. The number of hydrogen-bond acceptors (Lipinski definition) is 6. The van der Waals surface area contributed by atoms with Gasteiger partial charge in [-0.15, -0.1) is 0 Å². The van der Waals surface area contributed by atoms with Gasteiger partial charge in [0.1, 0.15) is 11.5 Å². The first kappa shape index (κ1) is 23.6. The summed E-state index contributed by atoms with van der Waals surface area (Å²) in [6, 6.07) is 12.5. The minimum atomic E-state index is -0.920. The Hall–Kier alpha value is -3.55. The van der Waals surface area contributed by atoms with Crippen LogP contribution in [0.15, 0.2) is 66.5 Å². The minimum absolute atomic E-state index is 0.0992. The minimum Gasteiger partial charge on any atom is -0.507 e. The molecule has 1 atom stereocenters. The fraction of sp³-hybridized carbons (Fsp3) is 0.160. The van der Waals surface area contributed by atoms with Crippen molar-refractivity contribution < 1.29 is 24.2 Å². The number of Topliss-reactive ketones (excluding diaryl/α,β-unsaturated/α-hetero) is 1. The van der Waals surface area contributed by atoms with Gasteiger partial charge < -0.3 is 19.5 Å². The lowest BCUT2D eigenvalue weighted by Crippen LogP contribution is -2.29. The molecule has 1 aliphatic heterocycles. The molecule has 1 saturated heterocycles. The van der Waals surface area contributed by atoms with Gasteiger partial charge in [-0.1, -0.05) is 47.5 Å². The van der Waals surface area contributed by atoms with E-state index in [0.717, 1.165) is 5.56 Å². The Kier molecular flexibility index (Phi) is 6.77. The van der Waals surface area contributed by atoms with Gasteiger partial charge in [0.2, 0.25) is 0 Å². The van der Waals surface area contributed by atoms with E-state index in [1.165, 1.54) is 31.3 Å². The van der Waals surface area contributed by atoms with Crippen molar-refractivity contribution in [2.75, 3.05) is 14.2 Å². The molecule has 174 valence electrons. The zero-order valence-electron chi connectivity index (χ0n) is 18.3. The van der Waals surface area contributed by atoms with Crippen LogP contribution in [0, 0.1) is 0 Å². The summed E-state index contributed by atoms with van der Waals surface area (Å²) in [4.78, 5) is 31.9. The maximum atomic E-state index is 13.2. The number of para-hydroxylation sites is 1. The van der Waals surface area contributed by atoms with Gasteiger partial charge in [0.05, 0.1) is 35.9 Å². The summed E-state index contributed by atoms with van der Waals surface area (Å²) >= 11 is 12.5. The molecule has 34 heavy (non-hydrogen) atoms. The fourth-order valence-corrected chi connectivity index (χ4v) is 4.64. The third kappa shape index (κ3) is 4.20. The molecule has 0 aliphatic carbocycles. The molecule has 4 rings (SSSR count). The number of benzene rings is 2. The fourth-order valence-electron chi connectivity index (χ4n) is 3.99. The molecule has 1 fully saturated rings. The third-order valence-corrected chi connectivity index (χ3v) is 6.09. The number of rotatable bonds is 6. The first-order chi connectivity index (χ1) is 16.4. The van der Waals surface area contributed by atoms with E-state index in [4.69, 9.17) is 32.7 Å². The normalized spacial score (nSPS) is 17.2. The smallest absolute Gasteiger partial charge is 0.295 e. The summed E-state index contributed by atoms with van der Waals surface area (Å²) in [6.45, 7) is 0.0992. The summed E-state index contributed by atoms with van der Waals surface area (Å²) in [5.74, 6) is -1.30. The molecule has 1 N–H and O–H groups in total. The van der Waals surface area contributed by atoms with Crippen LogP contribution in [-0.2, 0) is 16.1 Å². The molecule has 7 nitrogen and oxygen atoms in total. The van der Waals surface area contributed by atoms with Gasteiger partial charge in [0, 0.05) is 30.1 Å². The number of carbonyl (C=O) groups excluding carboxylic acids is 2. The molecule has 0 saturated carbocycles. The second-order valence-corrected chi connectivity index (χ2v) is 8.32. The lowest BCUT2D eigenvalue weighted by atomic mass is 9.94. The molecule has 0 radical (unpaired) electrons. The zero-order chi connectivity index (χ0) is 24.4. The molecule has 3 aromatic rings. The number of likely N-dealkylation sites (tertiary alicyclic amines) is 1. The number of nitrogens with zero attached hydrogens (tertiary/aromatic N) is 2. The van der Waals surface area contributed by atoms with Gasteiger partial charge in [-0.05, 0) is 29.8 Å². The van der Waals surface area contributed by atoms with Crippen molar-refractivity contribution >= 4 is 40.7 Å². The van der Waals surface area contributed by atoms with Crippen molar-refractivity contribution in [2.24, 2.45) is 0 Å². The zero-order valence-corrected chi connectivity index (χ0v) is 19.8. The van der Waals surface area contributed by atoms with Crippen LogP contribution in [0.4, 0.5) is 0 Å². The van der Waals surface area contributed by atoms with E-state index in [0.29, 0.717) is 11.3 Å². The number of ketones is 1. The molecule has 1 aliphatic rings. The molecule has 1 amide bonds. The summed E-state index contributed by atoms with van der Waals surface area (Å²) in [5, 5.41) is 11.6. The average Bonchev–Trinajstić information content (AvgIpc) is 3.08. The topological polar surface area (TPSA) is 89.0 Å². The van der Waals surface area contributed by atoms with Crippen LogP contribution in [0.3, 0.4) is 0 Å². The lowest BCUT2D eigenvalue weighted by Gasteiger charge is -2.26. The molecule has 1 unspecified atom stereocenters. The number of halogens is 2. The molecule has 2 heterocycles. The summed E-state index contributed by atoms with van der Waals surface area (Å²) in [5.41, 5.74) is 1.34. The highest BCUT2D eigenvalue weighted by atomic mass is 35.5. The quantitative estimate of drug-likeness (QED) is 0.291. The Bertz CT molecular complexity index is 1270. The van der Waals surface area contributed by atoms with Crippen molar-refractivity contribution in [1.82, 2.24) is 9.88 Å². The standard InChI is InChI=1S/C25H20Cl2N2O5/c1-33-19-8-4-3-7-16(19)21-20(22(30)15-10-17(26)24(34-2)18(27)11-15)23(31)25(32)29(21)13-14-6-5-9-28-12-14/h3-12,21,30H,13H2,1-2H3/b22-20+. The van der Waals surface area contributed by atoms with Crippen LogP contribution in [0.25, 0.3) is 5.76 Å². The Morgan fingerprint density at radius 2 is 1.76 bits per heavy atom. The molecule has 0 bridgehead atoms. The van der Waals surface area contributed by atoms with Crippen molar-refractivity contribution in [1.29, 1.82) is 0 Å². The van der Waals surface area contributed by atoms with Crippen molar-refractivity contribution in [2.45, 2.75) is 12.6 Å². The summed E-state index contributed by atoms with van der Waals surface area (Å²) in [6.07, 6.45) is 3.23. The van der Waals surface area contributed by atoms with Gasteiger partial charge in [-0.25, -0.2) is 0 Å². The molecule has 2 aromatic carbocycles. The number of carbonyl (C=O) groups is 2. The van der Waals surface area contributed by atoms with Gasteiger partial charge in [0.25, 0.3) is 11.7 Å². The molecule has 1 aromatic heterocycles. The number of hydrogen-bond donors (Lipinski definition) is 1. The Labute approximate surface area is 206 Å². The largest absolute Gasteiger partial charge is 0.507 e. The molecule has 0 spiro atoms. The van der Waals surface area contributed by atoms with E-state index in [9.17, 15) is 14.7 Å². The highest BCUT2D eigenvalue weighted by Gasteiger charge is 2.47. The van der Waals surface area contributed by atoms with Crippen LogP contribution in [0.2, 0.25) is 10.0 Å². The highest BCUT2D eigenvalue weighted by molar-refractivity contribution is 6.46. The second-order valence-electron chi connectivity index (χ2n) is 7.50. The van der Waals surface area contributed by atoms with Crippen LogP contribution in [0.1, 0.15) is 22.7 Å². The van der Waals surface area contributed by atoms with E-state index < -0.39 is 23.5 Å². The van der Waals surface area contributed by atoms with Gasteiger partial charge in [-0.3, -0.25) is 14.6 Å². The van der Waals surface area contributed by atoms with Crippen molar-refractivity contribution in [3.05, 3.63) is 93.2 Å². The van der Waals surface area contributed by atoms with Gasteiger partial charge in [0.15, 0.2) is 5.75 Å². The van der Waals surface area contributed by atoms with E-state index in [1.807, 2.05) is 0 Å². The monoisotopic (exact) mass is 498 g/mol. The molecular weight excluding hydrogens is 479 g/mol. The first-order valence-corrected chi connectivity index (χ1v) is 11.0. The highest BCUT2D eigenvalue weighted by Crippen LogP contribution is 2.44. The van der Waals surface area contributed by atoms with E-state index in [-0.39, 0.29) is 33.5 Å². The molecule has 9 heteroatoms. The van der Waals surface area contributed by atoms with Gasteiger partial charge >= 0.3 is 0 Å². The Morgan fingerprint density at radius 1 is 1.06 bits per heavy atom. The lowest BCUT2D eigenvalue weighted by molar-refractivity contribution is -0.140. The number of aliphatic hydroxyl groups is 1. The Morgan fingerprint density at radius 3 is 2.38 bits per heavy atom. The van der Waals surface area contributed by atoms with Gasteiger partial charge in [-0.2, -0.15) is 0 Å². The first-order valence-electron chi connectivity index (χ1n) is 10.2. The van der Waals surface area contributed by atoms with Crippen LogP contribution >= 0.6 is 23.2 Å². The summed E-state index contributed by atoms with van der Waals surface area (Å²) in [7, 11) is 2.91. The summed E-state index contributed by atoms with van der Waals surface area (Å²) < 4.78 is 10.7. The SMILES string of the molecule is COc1ccccc1C1/C(=C(\O)c2cc(Cl)c(OC)c(Cl)c2)C(=O)C(=O)N1Cc1cccnc1.